The quantitative estimate of drug-likeness (QED) is 0.0868. The van der Waals surface area contributed by atoms with Gasteiger partial charge in [0.1, 0.15) is 31.8 Å². The van der Waals surface area contributed by atoms with E-state index in [0.717, 1.165) is 4.11 Å². The van der Waals surface area contributed by atoms with Gasteiger partial charge in [-0.1, -0.05) is 176 Å². The van der Waals surface area contributed by atoms with Gasteiger partial charge in [0.05, 0.1) is 15.8 Å². The summed E-state index contributed by atoms with van der Waals surface area (Å²) in [4.78, 5) is 0. The third-order valence-electron chi connectivity index (χ3n) is 11.9. The van der Waals surface area contributed by atoms with Crippen molar-refractivity contribution in [2.75, 3.05) is 0 Å². The second-order valence-electron chi connectivity index (χ2n) is 16.5. The van der Waals surface area contributed by atoms with Crippen molar-refractivity contribution in [2.45, 2.75) is 5.60 Å². The van der Waals surface area contributed by atoms with Gasteiger partial charge in [0.15, 0.2) is 5.60 Å². The van der Waals surface area contributed by atoms with E-state index in [2.05, 4.69) is 224 Å². The Labute approximate surface area is 441 Å². The molecule has 0 atom stereocenters. The van der Waals surface area contributed by atoms with Crippen molar-refractivity contribution in [3.63, 3.8) is 0 Å². The Morgan fingerprint density at radius 2 is 0.597 bits per heavy atom. The molecule has 0 heterocycles. The SMILES string of the molecule is C#CC(O)(c1ccccc1)c1ccccc1.[Cl][Ru]([Cl])=[C]1C=C(c2ccccc2)c2ccccc21.c1ccc([PH+](c2ccccc2)c2ccccc2)cc1.c1ccc([PH+](c2ccccc2)c2ccccc2)cc1. The van der Waals surface area contributed by atoms with Gasteiger partial charge in [0.2, 0.25) is 0 Å². The molecule has 354 valence electrons. The summed E-state index contributed by atoms with van der Waals surface area (Å²) in [5, 5.41) is 19.1. The average Bonchev–Trinajstić information content (AvgIpc) is 3.86. The molecule has 0 fully saturated rings. The first-order valence-electron chi connectivity index (χ1n) is 23.6. The van der Waals surface area contributed by atoms with E-state index >= 15 is 0 Å². The number of terminal acetylenes is 1. The molecule has 0 aromatic heterocycles. The molecule has 0 spiro atoms. The van der Waals surface area contributed by atoms with Gasteiger partial charge in [-0.2, -0.15) is 0 Å². The normalized spacial score (nSPS) is 11.5. The van der Waals surface area contributed by atoms with Gasteiger partial charge < -0.3 is 5.11 Å². The molecule has 1 nitrogen and oxygen atoms in total. The molecule has 10 aromatic rings. The van der Waals surface area contributed by atoms with E-state index in [1.54, 1.807) is 0 Å². The molecule has 0 amide bonds. The monoisotopic (exact) mass is 1100 g/mol. The molecule has 1 aliphatic carbocycles. The summed E-state index contributed by atoms with van der Waals surface area (Å²) in [7, 11) is 10.6. The second-order valence-corrected chi connectivity index (χ2v) is 27.3. The van der Waals surface area contributed by atoms with Crippen molar-refractivity contribution >= 4 is 76.7 Å². The molecule has 0 aliphatic heterocycles. The minimum absolute atomic E-state index is 0.712. The van der Waals surface area contributed by atoms with E-state index < -0.39 is 35.0 Å². The Kier molecular flexibility index (Phi) is 19.2. The fraction of sp³-hybridized carbons (Fsp3) is 0.0152. The zero-order chi connectivity index (χ0) is 49.8. The maximum Gasteiger partial charge on any atom is 0.102 e. The zero-order valence-electron chi connectivity index (χ0n) is 39.5. The summed E-state index contributed by atoms with van der Waals surface area (Å²) in [6, 6.07) is 102. The number of allylic oxidation sites excluding steroid dienone is 1. The third kappa shape index (κ3) is 13.5. The van der Waals surface area contributed by atoms with E-state index in [4.69, 9.17) is 25.8 Å². The molecule has 0 saturated carbocycles. The average molecular weight is 1100 g/mol. The molecule has 72 heavy (non-hydrogen) atoms. The Balaban J connectivity index is 0.000000129. The predicted molar refractivity (Wildman–Crippen MR) is 314 cm³/mol. The van der Waals surface area contributed by atoms with Crippen LogP contribution in [-0.4, -0.2) is 9.21 Å². The molecule has 6 heteroatoms. The summed E-state index contributed by atoms with van der Waals surface area (Å²) in [5.41, 5.74) is 4.94. The molecule has 1 aliphatic rings. The molecule has 0 saturated heterocycles. The minimum Gasteiger partial charge on any atom is -0.0620 e. The topological polar surface area (TPSA) is 20.2 Å². The number of hydrogen-bond donors (Lipinski definition) is 1. The Morgan fingerprint density at radius 1 is 0.347 bits per heavy atom. The van der Waals surface area contributed by atoms with Crippen LogP contribution in [0, 0.1) is 12.3 Å². The Hall–Kier alpha value is -6.61. The Bertz CT molecular complexity index is 2950. The van der Waals surface area contributed by atoms with Crippen molar-refractivity contribution in [3.05, 3.63) is 331 Å². The maximum atomic E-state index is 10.5. The summed E-state index contributed by atoms with van der Waals surface area (Å²) in [5.74, 6) is 2.47. The molecule has 1 N–H and O–H groups in total. The van der Waals surface area contributed by atoms with Crippen LogP contribution in [0.3, 0.4) is 0 Å². The van der Waals surface area contributed by atoms with Crippen LogP contribution < -0.4 is 31.8 Å². The van der Waals surface area contributed by atoms with Crippen LogP contribution >= 0.6 is 35.2 Å². The molecular weight excluding hydrogens is 1040 g/mol. The third-order valence-corrected chi connectivity index (χ3v) is 20.5. The summed E-state index contributed by atoms with van der Waals surface area (Å²) in [6.45, 7) is 0. The standard InChI is InChI=1S/2C18H15P.C15H12O.C15H10.2ClH.Ru/c2*1-4-10-16(11-5-1)19(17-12-6-2-7-13-17)18-14-8-3-9-15-18;1-2-15(16,13-9-5-3-6-10-13)14-11-7-4-8-12-14;1-2-6-12(7-3-1)15-11-10-13-8-4-5-9-14(13)15;;;/h2*1-15H;1,3-12,16H;1-9,11H;2*1H;/q;;;;;;+2. The van der Waals surface area contributed by atoms with Gasteiger partial charge in [-0.05, 0) is 72.8 Å². The molecule has 0 bridgehead atoms. The van der Waals surface area contributed by atoms with E-state index in [1.165, 1.54) is 54.1 Å². The van der Waals surface area contributed by atoms with Crippen LogP contribution in [0.25, 0.3) is 5.57 Å². The summed E-state index contributed by atoms with van der Waals surface area (Å²) in [6.07, 6.45) is 7.62. The molecule has 11 rings (SSSR count). The smallest absolute Gasteiger partial charge is 0.0620 e. The molecule has 10 aromatic carbocycles. The molecular formula is C66H54Cl2OP2Ru+2. The van der Waals surface area contributed by atoms with Crippen molar-refractivity contribution in [1.29, 1.82) is 0 Å². The van der Waals surface area contributed by atoms with Gasteiger partial charge in [0, 0.05) is 11.1 Å². The molecule has 0 radical (unpaired) electrons. The predicted octanol–water partition coefficient (Wildman–Crippen LogP) is 13.5. The van der Waals surface area contributed by atoms with Crippen molar-refractivity contribution in [2.24, 2.45) is 0 Å². The number of halogens is 2. The molecule has 0 unspecified atom stereocenters. The summed E-state index contributed by atoms with van der Waals surface area (Å²) >= 11 is -1.88. The van der Waals surface area contributed by atoms with Crippen molar-refractivity contribution < 1.29 is 18.6 Å². The van der Waals surface area contributed by atoms with Crippen LogP contribution in [-0.2, 0) is 19.1 Å². The van der Waals surface area contributed by atoms with Crippen LogP contribution in [0.2, 0.25) is 0 Å². The zero-order valence-corrected chi connectivity index (χ0v) is 44.8. The van der Waals surface area contributed by atoms with Crippen LogP contribution in [0.15, 0.2) is 303 Å². The fourth-order valence-electron chi connectivity index (χ4n) is 8.49. The number of rotatable bonds is 9. The van der Waals surface area contributed by atoms with Crippen LogP contribution in [0.5, 0.6) is 0 Å². The number of benzene rings is 10. The minimum atomic E-state index is -1.88. The second kappa shape index (κ2) is 26.7. The fourth-order valence-corrected chi connectivity index (χ4v) is 16.1. The number of aliphatic hydroxyl groups is 1. The van der Waals surface area contributed by atoms with Crippen molar-refractivity contribution in [1.82, 2.24) is 0 Å². The first-order chi connectivity index (χ1) is 35.4. The van der Waals surface area contributed by atoms with E-state index in [-0.39, 0.29) is 0 Å². The van der Waals surface area contributed by atoms with Gasteiger partial charge in [-0.15, -0.1) is 6.42 Å². The number of fused-ring (bicyclic) bond motifs is 1. The van der Waals surface area contributed by atoms with Gasteiger partial charge in [0.25, 0.3) is 0 Å². The van der Waals surface area contributed by atoms with Crippen molar-refractivity contribution in [3.8, 4) is 12.3 Å². The van der Waals surface area contributed by atoms with Crippen LogP contribution in [0.4, 0.5) is 0 Å². The number of hydrogen-bond acceptors (Lipinski definition) is 1. The first kappa shape index (κ1) is 51.7. The van der Waals surface area contributed by atoms with Gasteiger partial charge in [-0.3, -0.25) is 0 Å². The van der Waals surface area contributed by atoms with Crippen LogP contribution in [0.1, 0.15) is 27.8 Å². The van der Waals surface area contributed by atoms with E-state index in [0.29, 0.717) is 11.1 Å². The largest absolute Gasteiger partial charge is 0.102 e. The summed E-state index contributed by atoms with van der Waals surface area (Å²) < 4.78 is 1.12. The first-order valence-corrected chi connectivity index (χ1v) is 31.9. The van der Waals surface area contributed by atoms with Gasteiger partial charge >= 0.3 is 120 Å². The van der Waals surface area contributed by atoms with Gasteiger partial charge in [-0.25, -0.2) is 0 Å². The van der Waals surface area contributed by atoms with E-state index in [9.17, 15) is 5.11 Å². The van der Waals surface area contributed by atoms with E-state index in [1.807, 2.05) is 84.9 Å². The maximum absolute atomic E-state index is 10.5. The Morgan fingerprint density at radius 3 is 0.875 bits per heavy atom.